The van der Waals surface area contributed by atoms with Crippen LogP contribution in [-0.4, -0.2) is 35.9 Å². The van der Waals surface area contributed by atoms with Crippen LogP contribution in [0.25, 0.3) is 0 Å². The molecule has 2 amide bonds. The zero-order valence-electron chi connectivity index (χ0n) is 14.5. The summed E-state index contributed by atoms with van der Waals surface area (Å²) in [5, 5.41) is 0. The monoisotopic (exact) mass is 341 g/mol. The van der Waals surface area contributed by atoms with Crippen LogP contribution in [0.4, 0.5) is 5.69 Å². The van der Waals surface area contributed by atoms with Crippen molar-refractivity contribution >= 4 is 23.3 Å². The first kappa shape index (κ1) is 16.0. The van der Waals surface area contributed by atoms with Crippen molar-refractivity contribution in [3.63, 3.8) is 0 Å². The van der Waals surface area contributed by atoms with Crippen molar-refractivity contribution in [3.8, 4) is 5.75 Å². The van der Waals surface area contributed by atoms with E-state index in [-0.39, 0.29) is 17.6 Å². The molecule has 0 unspecified atom stereocenters. The number of amides is 2. The minimum atomic E-state index is -0.785. The lowest BCUT2D eigenvalue weighted by molar-refractivity contribution is -0.128. The summed E-state index contributed by atoms with van der Waals surface area (Å²) in [5.74, 6) is -1.54. The van der Waals surface area contributed by atoms with Gasteiger partial charge in [-0.3, -0.25) is 14.4 Å². The van der Waals surface area contributed by atoms with Gasteiger partial charge in [0.2, 0.25) is 11.8 Å². The van der Waals surface area contributed by atoms with Gasteiger partial charge in [0.15, 0.2) is 5.78 Å². The van der Waals surface area contributed by atoms with E-state index in [2.05, 4.69) is 0 Å². The van der Waals surface area contributed by atoms with E-state index in [1.165, 1.54) is 14.0 Å². The highest BCUT2D eigenvalue weighted by molar-refractivity contribution is 6.24. The second-order valence-electron chi connectivity index (χ2n) is 7.21. The molecule has 0 saturated carbocycles. The van der Waals surface area contributed by atoms with Gasteiger partial charge in [-0.2, -0.15) is 0 Å². The van der Waals surface area contributed by atoms with E-state index in [0.717, 1.165) is 4.90 Å². The maximum Gasteiger partial charge on any atom is 0.241 e. The number of carbonyl (C=O) groups is 3. The summed E-state index contributed by atoms with van der Waals surface area (Å²) < 4.78 is 11.3. The molecular formula is C19H19NO5. The lowest BCUT2D eigenvalue weighted by Gasteiger charge is -2.26. The third-order valence-corrected chi connectivity index (χ3v) is 5.55. The molecule has 25 heavy (non-hydrogen) atoms. The van der Waals surface area contributed by atoms with Gasteiger partial charge in [0.05, 0.1) is 35.8 Å². The first-order chi connectivity index (χ1) is 11.7. The van der Waals surface area contributed by atoms with Crippen LogP contribution in [0.15, 0.2) is 30.4 Å². The second-order valence-corrected chi connectivity index (χ2v) is 7.21. The molecule has 6 heteroatoms. The van der Waals surface area contributed by atoms with Gasteiger partial charge in [-0.05, 0) is 39.0 Å². The third kappa shape index (κ3) is 1.91. The summed E-state index contributed by atoms with van der Waals surface area (Å²) in [6, 6.07) is 4.76. The Kier molecular flexibility index (Phi) is 3.07. The largest absolute Gasteiger partial charge is 0.495 e. The number of nitrogens with zero attached hydrogens (tertiary/aromatic N) is 1. The number of methoxy groups -OCH3 is 1. The van der Waals surface area contributed by atoms with Gasteiger partial charge in [0.1, 0.15) is 5.75 Å². The molecule has 0 aliphatic carbocycles. The number of fused-ring (bicyclic) bond motifs is 5. The number of carbonyl (C=O) groups excluding carboxylic acids is 3. The quantitative estimate of drug-likeness (QED) is 0.478. The van der Waals surface area contributed by atoms with Gasteiger partial charge >= 0.3 is 0 Å². The summed E-state index contributed by atoms with van der Waals surface area (Å²) in [7, 11) is 1.47. The summed E-state index contributed by atoms with van der Waals surface area (Å²) in [6.45, 7) is 5.10. The van der Waals surface area contributed by atoms with Crippen LogP contribution in [0, 0.1) is 11.8 Å². The fraction of sp³-hybridized carbons (Fsp3) is 0.421. The average molecular weight is 341 g/mol. The summed E-state index contributed by atoms with van der Waals surface area (Å²) >= 11 is 0. The Labute approximate surface area is 145 Å². The van der Waals surface area contributed by atoms with Crippen molar-refractivity contribution in [3.05, 3.63) is 35.9 Å². The fourth-order valence-corrected chi connectivity index (χ4v) is 4.35. The molecule has 130 valence electrons. The van der Waals surface area contributed by atoms with Crippen molar-refractivity contribution in [1.29, 1.82) is 0 Å². The lowest BCUT2D eigenvalue weighted by atomic mass is 9.73. The van der Waals surface area contributed by atoms with Crippen LogP contribution in [0.1, 0.15) is 31.1 Å². The van der Waals surface area contributed by atoms with Crippen molar-refractivity contribution in [2.24, 2.45) is 11.8 Å². The first-order valence-electron chi connectivity index (χ1n) is 8.19. The molecule has 0 radical (unpaired) electrons. The number of Topliss-reactive ketones (excluding diaryl/α,β-unsaturated/α-hetero) is 1. The molecule has 2 bridgehead atoms. The minimum Gasteiger partial charge on any atom is -0.495 e. The molecule has 0 aromatic heterocycles. The Balaban J connectivity index is 1.84. The van der Waals surface area contributed by atoms with Gasteiger partial charge in [-0.1, -0.05) is 12.2 Å². The number of anilines is 1. The molecular weight excluding hydrogens is 322 g/mol. The van der Waals surface area contributed by atoms with E-state index in [1.54, 1.807) is 18.2 Å². The average Bonchev–Trinajstić information content (AvgIpc) is 3.11. The maximum atomic E-state index is 13.1. The van der Waals surface area contributed by atoms with Crippen LogP contribution in [0.5, 0.6) is 5.75 Å². The number of ketones is 1. The van der Waals surface area contributed by atoms with Crippen LogP contribution in [-0.2, 0) is 14.3 Å². The Hall–Kier alpha value is -2.47. The van der Waals surface area contributed by atoms with Crippen LogP contribution >= 0.6 is 0 Å². The summed E-state index contributed by atoms with van der Waals surface area (Å²) in [5.41, 5.74) is -0.840. The molecule has 1 aromatic carbocycles. The number of ether oxygens (including phenoxy) is 2. The van der Waals surface area contributed by atoms with E-state index in [9.17, 15) is 14.4 Å². The van der Waals surface area contributed by atoms with E-state index in [0.29, 0.717) is 17.0 Å². The molecule has 2 saturated heterocycles. The Morgan fingerprint density at radius 3 is 2.16 bits per heavy atom. The predicted octanol–water partition coefficient (Wildman–Crippen LogP) is 2.12. The van der Waals surface area contributed by atoms with E-state index in [4.69, 9.17) is 9.47 Å². The molecule has 3 aliphatic heterocycles. The molecule has 6 nitrogen and oxygen atoms in total. The highest BCUT2D eigenvalue weighted by Crippen LogP contribution is 2.58. The molecule has 3 heterocycles. The van der Waals surface area contributed by atoms with Crippen molar-refractivity contribution in [2.45, 2.75) is 32.0 Å². The van der Waals surface area contributed by atoms with Gasteiger partial charge in [0.25, 0.3) is 0 Å². The van der Waals surface area contributed by atoms with E-state index < -0.39 is 23.0 Å². The molecule has 0 N–H and O–H groups in total. The van der Waals surface area contributed by atoms with Gasteiger partial charge < -0.3 is 9.47 Å². The van der Waals surface area contributed by atoms with Gasteiger partial charge in [-0.15, -0.1) is 0 Å². The number of hydrogen-bond donors (Lipinski definition) is 0. The van der Waals surface area contributed by atoms with Crippen LogP contribution < -0.4 is 9.64 Å². The highest BCUT2D eigenvalue weighted by atomic mass is 16.5. The van der Waals surface area contributed by atoms with E-state index in [1.807, 2.05) is 26.0 Å². The fourth-order valence-electron chi connectivity index (χ4n) is 4.35. The normalized spacial score (nSPS) is 35.4. The van der Waals surface area contributed by atoms with Crippen molar-refractivity contribution in [1.82, 2.24) is 0 Å². The summed E-state index contributed by atoms with van der Waals surface area (Å²) in [6.07, 6.45) is 3.73. The number of benzene rings is 1. The molecule has 3 aliphatic rings. The molecule has 4 atom stereocenters. The van der Waals surface area contributed by atoms with Crippen LogP contribution in [0.3, 0.4) is 0 Å². The van der Waals surface area contributed by atoms with Crippen molar-refractivity contribution < 1.29 is 23.9 Å². The Morgan fingerprint density at radius 2 is 1.68 bits per heavy atom. The third-order valence-electron chi connectivity index (χ3n) is 5.55. The highest BCUT2D eigenvalue weighted by Gasteiger charge is 2.70. The SMILES string of the molecule is COc1ccc(C(C)=O)cc1N1C(=O)[C@@H]2[C@@H](C1=O)[C@]1(C)C=C[C@]2(C)O1. The number of hydrogen-bond acceptors (Lipinski definition) is 5. The molecule has 1 aromatic rings. The van der Waals surface area contributed by atoms with E-state index >= 15 is 0 Å². The number of rotatable bonds is 3. The Bertz CT molecular complexity index is 823. The zero-order chi connectivity index (χ0) is 18.1. The van der Waals surface area contributed by atoms with Crippen molar-refractivity contribution in [2.75, 3.05) is 12.0 Å². The maximum absolute atomic E-state index is 13.1. The van der Waals surface area contributed by atoms with Crippen LogP contribution in [0.2, 0.25) is 0 Å². The smallest absolute Gasteiger partial charge is 0.241 e. The molecule has 4 rings (SSSR count). The standard InChI is InChI=1S/C19H19NO5/c1-10(21)11-5-6-13(24-4)12(9-11)20-16(22)14-15(17(20)23)19(3)8-7-18(14,2)25-19/h5-9,14-15H,1-4H3/t14-,15-,18-,19-/m0/s1. The number of imide groups is 1. The molecule has 0 spiro atoms. The summed E-state index contributed by atoms with van der Waals surface area (Å²) in [4.78, 5) is 39.2. The second kappa shape index (κ2) is 4.79. The minimum absolute atomic E-state index is 0.146. The lowest BCUT2D eigenvalue weighted by Crippen LogP contribution is -2.39. The molecule has 2 fully saturated rings. The first-order valence-corrected chi connectivity index (χ1v) is 8.19. The van der Waals surface area contributed by atoms with Gasteiger partial charge in [0, 0.05) is 5.56 Å². The zero-order valence-corrected chi connectivity index (χ0v) is 14.5. The van der Waals surface area contributed by atoms with Gasteiger partial charge in [-0.25, -0.2) is 4.90 Å². The predicted molar refractivity (Wildman–Crippen MR) is 89.5 cm³/mol. The Morgan fingerprint density at radius 1 is 1.12 bits per heavy atom. The topological polar surface area (TPSA) is 72.9 Å².